The molecular weight excluding hydrogens is 402 g/mol. The lowest BCUT2D eigenvalue weighted by molar-refractivity contribution is 0.256. The number of benzene rings is 1. The molecule has 0 saturated heterocycles. The number of nitrogens with zero attached hydrogens (tertiary/aromatic N) is 4. The van der Waals surface area contributed by atoms with E-state index < -0.39 is 0 Å². The molecule has 0 amide bonds. The Morgan fingerprint density at radius 1 is 1.16 bits per heavy atom. The fourth-order valence-electron chi connectivity index (χ4n) is 5.19. The van der Waals surface area contributed by atoms with Gasteiger partial charge in [-0.25, -0.2) is 9.78 Å². The van der Waals surface area contributed by atoms with Crippen molar-refractivity contribution in [3.63, 3.8) is 0 Å². The average Bonchev–Trinajstić information content (AvgIpc) is 3.54. The zero-order chi connectivity index (χ0) is 21.7. The molecule has 1 aliphatic rings. The molecule has 7 heteroatoms. The topological polar surface area (TPSA) is 81.6 Å². The second-order valence-corrected chi connectivity index (χ2v) is 8.85. The summed E-state index contributed by atoms with van der Waals surface area (Å²) in [6.07, 6.45) is 8.24. The maximum absolute atomic E-state index is 13.8. The number of pyridine rings is 1. The Balaban J connectivity index is 1.50. The Bertz CT molecular complexity index is 1460. The predicted molar refractivity (Wildman–Crippen MR) is 124 cm³/mol. The third kappa shape index (κ3) is 2.99. The van der Waals surface area contributed by atoms with Crippen molar-refractivity contribution >= 4 is 22.1 Å². The van der Waals surface area contributed by atoms with Gasteiger partial charge in [-0.05, 0) is 24.8 Å². The summed E-state index contributed by atoms with van der Waals surface area (Å²) in [7, 11) is 0. The lowest BCUT2D eigenvalue weighted by Crippen LogP contribution is -2.32. The predicted octanol–water partition coefficient (Wildman–Crippen LogP) is 5.13. The van der Waals surface area contributed by atoms with Crippen LogP contribution >= 0.6 is 0 Å². The van der Waals surface area contributed by atoms with Crippen LogP contribution in [-0.2, 0) is 6.54 Å². The van der Waals surface area contributed by atoms with Crippen molar-refractivity contribution in [1.29, 1.82) is 0 Å². The Morgan fingerprint density at radius 2 is 2.00 bits per heavy atom. The number of imidazole rings is 1. The van der Waals surface area contributed by atoms with Gasteiger partial charge >= 0.3 is 5.69 Å². The zero-order valence-corrected chi connectivity index (χ0v) is 18.0. The Morgan fingerprint density at radius 3 is 2.84 bits per heavy atom. The second kappa shape index (κ2) is 7.51. The molecule has 32 heavy (non-hydrogen) atoms. The lowest BCUT2D eigenvalue weighted by Gasteiger charge is -2.29. The SMILES string of the molecule is C[C@@H]1CCCC[C@@H]1n1c(=O)n(Cc2cc(-c3ccccc3)on2)c2cnc3[nH]ccc3c21. The Kier molecular flexibility index (Phi) is 4.48. The first-order chi connectivity index (χ1) is 15.7. The molecule has 0 aliphatic heterocycles. The molecule has 1 saturated carbocycles. The van der Waals surface area contributed by atoms with E-state index in [2.05, 4.69) is 22.0 Å². The summed E-state index contributed by atoms with van der Waals surface area (Å²) in [4.78, 5) is 21.6. The summed E-state index contributed by atoms with van der Waals surface area (Å²) < 4.78 is 9.40. The molecule has 1 fully saturated rings. The van der Waals surface area contributed by atoms with Crippen LogP contribution in [0.1, 0.15) is 44.3 Å². The summed E-state index contributed by atoms with van der Waals surface area (Å²) in [5.74, 6) is 1.16. The van der Waals surface area contributed by atoms with Crippen molar-refractivity contribution in [1.82, 2.24) is 24.3 Å². The van der Waals surface area contributed by atoms with Crippen molar-refractivity contribution in [2.24, 2.45) is 5.92 Å². The van der Waals surface area contributed by atoms with Crippen LogP contribution in [0.5, 0.6) is 0 Å². The van der Waals surface area contributed by atoms with Crippen LogP contribution in [0.15, 0.2) is 64.2 Å². The first-order valence-electron chi connectivity index (χ1n) is 11.3. The van der Waals surface area contributed by atoms with Gasteiger partial charge in [0.2, 0.25) is 0 Å². The number of rotatable bonds is 4. The summed E-state index contributed by atoms with van der Waals surface area (Å²) in [6.45, 7) is 2.61. The van der Waals surface area contributed by atoms with Crippen LogP contribution in [-0.4, -0.2) is 24.3 Å². The molecule has 1 aliphatic carbocycles. The molecule has 4 aromatic heterocycles. The lowest BCUT2D eigenvalue weighted by atomic mass is 9.85. The van der Waals surface area contributed by atoms with E-state index in [0.717, 1.165) is 52.6 Å². The Hall–Kier alpha value is -3.61. The summed E-state index contributed by atoms with van der Waals surface area (Å²) in [5, 5.41) is 5.24. The average molecular weight is 428 g/mol. The summed E-state index contributed by atoms with van der Waals surface area (Å²) >= 11 is 0. The van der Waals surface area contributed by atoms with Gasteiger partial charge in [-0.2, -0.15) is 0 Å². The van der Waals surface area contributed by atoms with Crippen LogP contribution in [0.3, 0.4) is 0 Å². The number of aromatic nitrogens is 5. The molecule has 0 bridgehead atoms. The minimum absolute atomic E-state index is 0.00138. The largest absolute Gasteiger partial charge is 0.356 e. The highest BCUT2D eigenvalue weighted by molar-refractivity contribution is 6.01. The monoisotopic (exact) mass is 427 g/mol. The smallest absolute Gasteiger partial charge is 0.329 e. The molecule has 6 rings (SSSR count). The van der Waals surface area contributed by atoms with E-state index in [4.69, 9.17) is 4.52 Å². The van der Waals surface area contributed by atoms with Crippen LogP contribution in [0.4, 0.5) is 0 Å². The summed E-state index contributed by atoms with van der Waals surface area (Å²) in [6, 6.07) is 14.0. The molecule has 1 N–H and O–H groups in total. The minimum Gasteiger partial charge on any atom is -0.356 e. The maximum Gasteiger partial charge on any atom is 0.329 e. The van der Waals surface area contributed by atoms with E-state index in [1.54, 1.807) is 10.8 Å². The third-order valence-corrected chi connectivity index (χ3v) is 6.84. The van der Waals surface area contributed by atoms with Gasteiger partial charge in [0.05, 0.1) is 23.8 Å². The van der Waals surface area contributed by atoms with Crippen molar-refractivity contribution in [3.8, 4) is 11.3 Å². The second-order valence-electron chi connectivity index (χ2n) is 8.85. The molecule has 0 spiro atoms. The fraction of sp³-hybridized carbons (Fsp3) is 0.320. The maximum atomic E-state index is 13.8. The summed E-state index contributed by atoms with van der Waals surface area (Å²) in [5.41, 5.74) is 4.29. The number of fused-ring (bicyclic) bond motifs is 3. The fourth-order valence-corrected chi connectivity index (χ4v) is 5.19. The molecule has 0 unspecified atom stereocenters. The zero-order valence-electron chi connectivity index (χ0n) is 18.0. The first-order valence-corrected chi connectivity index (χ1v) is 11.3. The van der Waals surface area contributed by atoms with Crippen molar-refractivity contribution < 1.29 is 4.52 Å². The van der Waals surface area contributed by atoms with Gasteiger partial charge in [-0.15, -0.1) is 0 Å². The van der Waals surface area contributed by atoms with Gasteiger partial charge < -0.3 is 9.51 Å². The normalized spacial score (nSPS) is 19.2. The standard InChI is InChI=1S/C25H25N5O2/c1-16-7-5-6-10-20(16)30-23-19-11-12-26-24(19)27-14-21(23)29(25(30)31)15-18-13-22(32-28-18)17-8-3-2-4-9-17/h2-4,8-9,11-14,16,20H,5-7,10,15H2,1H3,(H,26,27)/t16-,20+/m1/s1. The van der Waals surface area contributed by atoms with Crippen molar-refractivity contribution in [3.05, 3.63) is 71.0 Å². The van der Waals surface area contributed by atoms with E-state index in [1.807, 2.05) is 53.2 Å². The first kappa shape index (κ1) is 19.1. The van der Waals surface area contributed by atoms with E-state index in [1.165, 1.54) is 6.42 Å². The number of aromatic amines is 1. The molecular formula is C25H25N5O2. The molecule has 2 atom stereocenters. The van der Waals surface area contributed by atoms with Gasteiger partial charge in [0, 0.05) is 29.3 Å². The van der Waals surface area contributed by atoms with Gasteiger partial charge in [0.25, 0.3) is 0 Å². The van der Waals surface area contributed by atoms with Gasteiger partial charge in [-0.1, -0.05) is 55.3 Å². The number of hydrogen-bond acceptors (Lipinski definition) is 4. The molecule has 4 heterocycles. The highest BCUT2D eigenvalue weighted by atomic mass is 16.5. The highest BCUT2D eigenvalue weighted by Gasteiger charge is 2.29. The van der Waals surface area contributed by atoms with Crippen molar-refractivity contribution in [2.45, 2.75) is 45.2 Å². The van der Waals surface area contributed by atoms with Crippen molar-refractivity contribution in [2.75, 3.05) is 0 Å². The van der Waals surface area contributed by atoms with E-state index in [9.17, 15) is 4.79 Å². The quantitative estimate of drug-likeness (QED) is 0.431. The third-order valence-electron chi connectivity index (χ3n) is 6.84. The van der Waals surface area contributed by atoms with E-state index >= 15 is 0 Å². The van der Waals surface area contributed by atoms with Crippen LogP contribution < -0.4 is 5.69 Å². The van der Waals surface area contributed by atoms with Gasteiger partial charge in [0.15, 0.2) is 5.76 Å². The number of H-pyrrole nitrogens is 1. The van der Waals surface area contributed by atoms with Crippen LogP contribution in [0, 0.1) is 5.92 Å². The minimum atomic E-state index is -0.00138. The molecule has 0 radical (unpaired) electrons. The van der Waals surface area contributed by atoms with E-state index in [-0.39, 0.29) is 11.7 Å². The highest BCUT2D eigenvalue weighted by Crippen LogP contribution is 2.36. The molecule has 7 nitrogen and oxygen atoms in total. The van der Waals surface area contributed by atoms with Crippen LogP contribution in [0.2, 0.25) is 0 Å². The number of nitrogens with one attached hydrogen (secondary N) is 1. The number of hydrogen-bond donors (Lipinski definition) is 1. The van der Waals surface area contributed by atoms with Gasteiger partial charge in [-0.3, -0.25) is 9.13 Å². The molecule has 162 valence electrons. The molecule has 5 aromatic rings. The van der Waals surface area contributed by atoms with Gasteiger partial charge in [0.1, 0.15) is 11.3 Å². The Labute approximate surface area is 184 Å². The van der Waals surface area contributed by atoms with E-state index in [0.29, 0.717) is 18.2 Å². The van der Waals surface area contributed by atoms with Crippen LogP contribution in [0.25, 0.3) is 33.4 Å². The molecule has 1 aromatic carbocycles.